The largest absolute Gasteiger partial charge is 0.478 e. The first-order chi connectivity index (χ1) is 9.16. The number of anilines is 1. The van der Waals surface area contributed by atoms with Crippen molar-refractivity contribution in [1.82, 2.24) is 4.98 Å². The van der Waals surface area contributed by atoms with Gasteiger partial charge in [-0.3, -0.25) is 0 Å². The predicted octanol–water partition coefficient (Wildman–Crippen LogP) is 2.57. The molecule has 1 aromatic carbocycles. The minimum absolute atomic E-state index is 0.140. The molecular formula is C14H13FN2O2. The van der Waals surface area contributed by atoms with Gasteiger partial charge in [0, 0.05) is 12.7 Å². The fourth-order valence-corrected chi connectivity index (χ4v) is 1.70. The van der Waals surface area contributed by atoms with Crippen LogP contribution in [0.2, 0.25) is 0 Å². The highest BCUT2D eigenvalue weighted by molar-refractivity contribution is 5.92. The fourth-order valence-electron chi connectivity index (χ4n) is 1.70. The summed E-state index contributed by atoms with van der Waals surface area (Å²) >= 11 is 0. The number of nitrogens with one attached hydrogen (secondary N) is 1. The third kappa shape index (κ3) is 3.51. The van der Waals surface area contributed by atoms with Crippen LogP contribution in [0, 0.1) is 5.82 Å². The molecule has 98 valence electrons. The summed E-state index contributed by atoms with van der Waals surface area (Å²) in [5, 5.41) is 12.0. The van der Waals surface area contributed by atoms with Gasteiger partial charge in [0.05, 0.1) is 0 Å². The molecule has 1 aromatic heterocycles. The van der Waals surface area contributed by atoms with Crippen LogP contribution in [0.4, 0.5) is 10.2 Å². The van der Waals surface area contributed by atoms with Crippen LogP contribution in [-0.4, -0.2) is 22.6 Å². The number of benzene rings is 1. The third-order valence-electron chi connectivity index (χ3n) is 2.66. The highest BCUT2D eigenvalue weighted by atomic mass is 19.1. The van der Waals surface area contributed by atoms with Crippen LogP contribution in [0.1, 0.15) is 15.9 Å². The molecule has 0 aliphatic carbocycles. The first-order valence-electron chi connectivity index (χ1n) is 5.83. The Morgan fingerprint density at radius 1 is 1.26 bits per heavy atom. The average molecular weight is 260 g/mol. The van der Waals surface area contributed by atoms with E-state index in [0.717, 1.165) is 5.56 Å². The second-order valence-electron chi connectivity index (χ2n) is 4.01. The van der Waals surface area contributed by atoms with Crippen LogP contribution < -0.4 is 5.32 Å². The molecule has 0 radical (unpaired) electrons. The van der Waals surface area contributed by atoms with E-state index >= 15 is 0 Å². The first-order valence-corrected chi connectivity index (χ1v) is 5.83. The average Bonchev–Trinajstić information content (AvgIpc) is 2.41. The molecule has 2 N–H and O–H groups in total. The molecule has 2 aromatic rings. The summed E-state index contributed by atoms with van der Waals surface area (Å²) in [5.74, 6) is -0.941. The number of hydrogen-bond acceptors (Lipinski definition) is 3. The number of hydrogen-bond donors (Lipinski definition) is 2. The number of nitrogens with zero attached hydrogens (tertiary/aromatic N) is 1. The van der Waals surface area contributed by atoms with E-state index in [2.05, 4.69) is 10.3 Å². The van der Waals surface area contributed by atoms with E-state index in [4.69, 9.17) is 5.11 Å². The lowest BCUT2D eigenvalue weighted by molar-refractivity contribution is 0.0697. The molecule has 0 fully saturated rings. The summed E-state index contributed by atoms with van der Waals surface area (Å²) in [5.41, 5.74) is 1.11. The molecule has 0 atom stereocenters. The smallest absolute Gasteiger partial charge is 0.339 e. The van der Waals surface area contributed by atoms with Crippen LogP contribution in [0.15, 0.2) is 42.6 Å². The van der Waals surface area contributed by atoms with E-state index in [9.17, 15) is 9.18 Å². The van der Waals surface area contributed by atoms with Crippen molar-refractivity contribution in [3.8, 4) is 0 Å². The van der Waals surface area contributed by atoms with Gasteiger partial charge in [-0.1, -0.05) is 12.1 Å². The number of halogens is 1. The molecule has 0 unspecified atom stereocenters. The van der Waals surface area contributed by atoms with E-state index in [-0.39, 0.29) is 11.4 Å². The van der Waals surface area contributed by atoms with Gasteiger partial charge in [0.1, 0.15) is 17.2 Å². The predicted molar refractivity (Wildman–Crippen MR) is 69.8 cm³/mol. The number of aromatic nitrogens is 1. The summed E-state index contributed by atoms with van der Waals surface area (Å²) in [6.45, 7) is 0.531. The van der Waals surface area contributed by atoms with Crippen LogP contribution in [0.25, 0.3) is 0 Å². The molecule has 0 aliphatic heterocycles. The number of carboxylic acid groups (broad SMARTS) is 1. The number of aromatic carboxylic acids is 1. The summed E-state index contributed by atoms with van der Waals surface area (Å²) in [7, 11) is 0. The van der Waals surface area contributed by atoms with Crippen molar-refractivity contribution in [3.63, 3.8) is 0 Å². The van der Waals surface area contributed by atoms with E-state index in [1.165, 1.54) is 24.4 Å². The Bertz CT molecular complexity index is 570. The zero-order chi connectivity index (χ0) is 13.7. The Morgan fingerprint density at radius 3 is 2.68 bits per heavy atom. The van der Waals surface area contributed by atoms with Gasteiger partial charge in [0.25, 0.3) is 0 Å². The first kappa shape index (κ1) is 13.0. The van der Waals surface area contributed by atoms with Crippen molar-refractivity contribution >= 4 is 11.8 Å². The standard InChI is InChI=1S/C14H13FN2O2/c15-11-5-3-10(4-6-11)7-9-17-13-12(14(18)19)2-1-8-16-13/h1-6,8H,7,9H2,(H,16,17)(H,18,19). The van der Waals surface area contributed by atoms with E-state index < -0.39 is 5.97 Å². The lowest BCUT2D eigenvalue weighted by Gasteiger charge is -2.08. The number of pyridine rings is 1. The van der Waals surface area contributed by atoms with E-state index in [1.54, 1.807) is 18.2 Å². The Kier molecular flexibility index (Phi) is 4.07. The maximum Gasteiger partial charge on any atom is 0.339 e. The molecule has 0 saturated carbocycles. The normalized spacial score (nSPS) is 10.2. The van der Waals surface area contributed by atoms with E-state index in [1.807, 2.05) is 0 Å². The van der Waals surface area contributed by atoms with Gasteiger partial charge in [-0.25, -0.2) is 14.2 Å². The lowest BCUT2D eigenvalue weighted by atomic mass is 10.1. The monoisotopic (exact) mass is 260 g/mol. The van der Waals surface area contributed by atoms with Gasteiger partial charge in [-0.05, 0) is 36.2 Å². The summed E-state index contributed by atoms with van der Waals surface area (Å²) in [6, 6.07) is 9.28. The number of carbonyl (C=O) groups is 1. The SMILES string of the molecule is O=C(O)c1cccnc1NCCc1ccc(F)cc1. The second-order valence-corrected chi connectivity index (χ2v) is 4.01. The van der Waals surface area contributed by atoms with Gasteiger partial charge < -0.3 is 10.4 Å². The molecule has 19 heavy (non-hydrogen) atoms. The molecule has 5 heteroatoms. The quantitative estimate of drug-likeness (QED) is 0.867. The van der Waals surface area contributed by atoms with Crippen molar-refractivity contribution in [2.45, 2.75) is 6.42 Å². The van der Waals surface area contributed by atoms with Crippen molar-refractivity contribution < 1.29 is 14.3 Å². The third-order valence-corrected chi connectivity index (χ3v) is 2.66. The lowest BCUT2D eigenvalue weighted by Crippen LogP contribution is -2.11. The zero-order valence-electron chi connectivity index (χ0n) is 10.1. The minimum Gasteiger partial charge on any atom is -0.478 e. The molecule has 4 nitrogen and oxygen atoms in total. The van der Waals surface area contributed by atoms with Crippen molar-refractivity contribution in [3.05, 3.63) is 59.5 Å². The molecule has 0 bridgehead atoms. The number of rotatable bonds is 5. The summed E-state index contributed by atoms with van der Waals surface area (Å²) in [6.07, 6.45) is 2.20. The van der Waals surface area contributed by atoms with Crippen LogP contribution in [0.3, 0.4) is 0 Å². The van der Waals surface area contributed by atoms with Gasteiger partial charge >= 0.3 is 5.97 Å². The molecule has 0 aliphatic rings. The van der Waals surface area contributed by atoms with Gasteiger partial charge in [-0.15, -0.1) is 0 Å². The van der Waals surface area contributed by atoms with Gasteiger partial charge in [0.15, 0.2) is 0 Å². The Balaban J connectivity index is 1.96. The second kappa shape index (κ2) is 5.95. The highest BCUT2D eigenvalue weighted by Crippen LogP contribution is 2.11. The molecule has 0 saturated heterocycles. The maximum absolute atomic E-state index is 12.7. The molecule has 0 spiro atoms. The maximum atomic E-state index is 12.7. The Morgan fingerprint density at radius 2 is 2.00 bits per heavy atom. The van der Waals surface area contributed by atoms with Gasteiger partial charge in [0.2, 0.25) is 0 Å². The Labute approximate surface area is 109 Å². The number of carboxylic acids is 1. The minimum atomic E-state index is -1.02. The van der Waals surface area contributed by atoms with Crippen LogP contribution >= 0.6 is 0 Å². The van der Waals surface area contributed by atoms with Gasteiger partial charge in [-0.2, -0.15) is 0 Å². The van der Waals surface area contributed by atoms with Crippen LogP contribution in [0.5, 0.6) is 0 Å². The topological polar surface area (TPSA) is 62.2 Å². The van der Waals surface area contributed by atoms with Crippen LogP contribution in [-0.2, 0) is 6.42 Å². The molecule has 0 amide bonds. The summed E-state index contributed by atoms with van der Waals surface area (Å²) < 4.78 is 12.7. The zero-order valence-corrected chi connectivity index (χ0v) is 10.1. The summed E-state index contributed by atoms with van der Waals surface area (Å²) in [4.78, 5) is 15.0. The Hall–Kier alpha value is -2.43. The fraction of sp³-hybridized carbons (Fsp3) is 0.143. The highest BCUT2D eigenvalue weighted by Gasteiger charge is 2.09. The molecule has 1 heterocycles. The van der Waals surface area contributed by atoms with E-state index in [0.29, 0.717) is 18.8 Å². The molecule has 2 rings (SSSR count). The van der Waals surface area contributed by atoms with Crippen molar-refractivity contribution in [2.24, 2.45) is 0 Å². The van der Waals surface area contributed by atoms with Crippen molar-refractivity contribution in [1.29, 1.82) is 0 Å². The van der Waals surface area contributed by atoms with Crippen molar-refractivity contribution in [2.75, 3.05) is 11.9 Å². The molecular weight excluding hydrogens is 247 g/mol.